The molecule has 1 aromatic carbocycles. The monoisotopic (exact) mass is 274 g/mol. The van der Waals surface area contributed by atoms with E-state index in [1.54, 1.807) is 0 Å². The van der Waals surface area contributed by atoms with Crippen molar-refractivity contribution in [1.82, 2.24) is 0 Å². The summed E-state index contributed by atoms with van der Waals surface area (Å²) in [6, 6.07) is 8.56. The number of thioether (sulfide) groups is 1. The molecular weight excluding hydrogens is 252 g/mol. The third kappa shape index (κ3) is 2.81. The third-order valence-corrected chi connectivity index (χ3v) is 5.39. The van der Waals surface area contributed by atoms with Crippen LogP contribution in [-0.2, 0) is 6.42 Å². The Balaban J connectivity index is 1.75. The zero-order chi connectivity index (χ0) is 13.1. The summed E-state index contributed by atoms with van der Waals surface area (Å²) in [5.41, 5.74) is 2.85. The maximum absolute atomic E-state index is 5.02. The van der Waals surface area contributed by atoms with E-state index in [4.69, 9.17) is 4.99 Å². The zero-order valence-corrected chi connectivity index (χ0v) is 12.4. The van der Waals surface area contributed by atoms with E-state index in [9.17, 15) is 0 Å². The number of nitrogens with one attached hydrogen (secondary N) is 1. The number of amidine groups is 1. The van der Waals surface area contributed by atoms with Crippen molar-refractivity contribution in [1.29, 1.82) is 0 Å². The smallest absolute Gasteiger partial charge is 0.161 e. The van der Waals surface area contributed by atoms with Gasteiger partial charge >= 0.3 is 0 Å². The first-order valence-electron chi connectivity index (χ1n) is 7.39. The average molecular weight is 274 g/mol. The van der Waals surface area contributed by atoms with Crippen LogP contribution in [0.15, 0.2) is 29.3 Å². The van der Waals surface area contributed by atoms with Gasteiger partial charge in [0.25, 0.3) is 0 Å². The molecule has 2 aliphatic rings. The number of benzene rings is 1. The van der Waals surface area contributed by atoms with Crippen molar-refractivity contribution in [3.63, 3.8) is 0 Å². The molecule has 102 valence electrons. The molecule has 19 heavy (non-hydrogen) atoms. The van der Waals surface area contributed by atoms with Crippen molar-refractivity contribution in [2.75, 3.05) is 11.1 Å². The number of nitrogens with zero attached hydrogens (tertiary/aromatic N) is 1. The summed E-state index contributed by atoms with van der Waals surface area (Å²) in [7, 11) is 0. The Labute approximate surface area is 120 Å². The van der Waals surface area contributed by atoms with Crippen molar-refractivity contribution in [3.05, 3.63) is 29.8 Å². The molecule has 2 nitrogen and oxygen atoms in total. The topological polar surface area (TPSA) is 24.4 Å². The van der Waals surface area contributed by atoms with Crippen LogP contribution in [0.5, 0.6) is 0 Å². The van der Waals surface area contributed by atoms with Crippen LogP contribution in [0, 0.1) is 0 Å². The van der Waals surface area contributed by atoms with Crippen molar-refractivity contribution >= 4 is 22.6 Å². The minimum atomic E-state index is 0.256. The van der Waals surface area contributed by atoms with Crippen LogP contribution in [0.3, 0.4) is 0 Å². The number of anilines is 1. The number of aliphatic imine (C=N–C) groups is 1. The second kappa shape index (κ2) is 5.58. The molecule has 3 rings (SSSR count). The molecule has 1 aliphatic heterocycles. The lowest BCUT2D eigenvalue weighted by Crippen LogP contribution is -2.29. The zero-order valence-electron chi connectivity index (χ0n) is 11.6. The quantitative estimate of drug-likeness (QED) is 0.860. The molecule has 1 aliphatic carbocycles. The fourth-order valence-corrected chi connectivity index (χ4v) is 4.28. The summed E-state index contributed by atoms with van der Waals surface area (Å²) in [5, 5.41) is 4.67. The fraction of sp³-hybridized carbons (Fsp3) is 0.562. The van der Waals surface area contributed by atoms with E-state index in [0.717, 1.165) is 11.6 Å². The Bertz CT molecular complexity index is 475. The summed E-state index contributed by atoms with van der Waals surface area (Å²) in [4.78, 5) is 5.02. The Morgan fingerprint density at radius 3 is 2.79 bits per heavy atom. The van der Waals surface area contributed by atoms with Gasteiger partial charge in [-0.25, -0.2) is 0 Å². The van der Waals surface area contributed by atoms with Crippen LogP contribution in [0.2, 0.25) is 0 Å². The Hall–Kier alpha value is -0.960. The molecule has 3 heteroatoms. The first-order valence-corrected chi connectivity index (χ1v) is 8.37. The molecule has 1 spiro atoms. The van der Waals surface area contributed by atoms with Crippen molar-refractivity contribution in [2.45, 2.75) is 51.0 Å². The van der Waals surface area contributed by atoms with Gasteiger partial charge in [-0.05, 0) is 30.9 Å². The highest BCUT2D eigenvalue weighted by molar-refractivity contribution is 8.14. The molecule has 1 fully saturated rings. The molecule has 0 bridgehead atoms. The van der Waals surface area contributed by atoms with Gasteiger partial charge in [-0.2, -0.15) is 0 Å². The maximum Gasteiger partial charge on any atom is 0.161 e. The predicted molar refractivity (Wildman–Crippen MR) is 85.2 cm³/mol. The molecule has 0 unspecified atom stereocenters. The third-order valence-electron chi connectivity index (χ3n) is 4.24. The molecule has 1 aromatic rings. The van der Waals surface area contributed by atoms with Gasteiger partial charge in [0.2, 0.25) is 0 Å². The number of hydrogen-bond donors (Lipinski definition) is 1. The summed E-state index contributed by atoms with van der Waals surface area (Å²) < 4.78 is 0. The van der Waals surface area contributed by atoms with Gasteiger partial charge in [0.1, 0.15) is 0 Å². The standard InChI is InChI=1S/C16H22N2S/c1-2-13-8-4-5-9-14(13)17-15-18-16(12-19-15)10-6-3-7-11-16/h4-5,8-9H,2-3,6-7,10-12H2,1H3,(H,17,18). The summed E-state index contributed by atoms with van der Waals surface area (Å²) >= 11 is 1.90. The van der Waals surface area contributed by atoms with Gasteiger partial charge in [0, 0.05) is 11.4 Å². The average Bonchev–Trinajstić information content (AvgIpc) is 2.83. The largest absolute Gasteiger partial charge is 0.335 e. The van der Waals surface area contributed by atoms with Gasteiger partial charge < -0.3 is 5.32 Å². The lowest BCUT2D eigenvalue weighted by molar-refractivity contribution is 0.335. The Morgan fingerprint density at radius 2 is 2.00 bits per heavy atom. The first kappa shape index (κ1) is 13.0. The molecule has 0 aromatic heterocycles. The van der Waals surface area contributed by atoms with Crippen molar-refractivity contribution < 1.29 is 0 Å². The molecule has 0 amide bonds. The minimum absolute atomic E-state index is 0.256. The van der Waals surface area contributed by atoms with Crippen LogP contribution in [0.25, 0.3) is 0 Å². The Kier molecular flexibility index (Phi) is 3.83. The molecule has 1 heterocycles. The van der Waals surface area contributed by atoms with Crippen LogP contribution in [-0.4, -0.2) is 16.5 Å². The summed E-state index contributed by atoms with van der Waals surface area (Å²) in [6.45, 7) is 2.20. The first-order chi connectivity index (χ1) is 9.31. The van der Waals surface area contributed by atoms with E-state index in [1.807, 2.05) is 11.8 Å². The van der Waals surface area contributed by atoms with E-state index >= 15 is 0 Å². The number of para-hydroxylation sites is 1. The predicted octanol–water partition coefficient (Wildman–Crippen LogP) is 4.47. The van der Waals surface area contributed by atoms with Crippen molar-refractivity contribution in [2.24, 2.45) is 4.99 Å². The number of hydrogen-bond acceptors (Lipinski definition) is 3. The van der Waals surface area contributed by atoms with E-state index in [-0.39, 0.29) is 5.54 Å². The van der Waals surface area contributed by atoms with E-state index in [2.05, 4.69) is 36.5 Å². The highest BCUT2D eigenvalue weighted by Gasteiger charge is 2.36. The van der Waals surface area contributed by atoms with E-state index in [1.165, 1.54) is 49.1 Å². The normalized spacial score (nSPS) is 21.4. The van der Waals surface area contributed by atoms with Gasteiger partial charge in [0.05, 0.1) is 5.54 Å². The molecule has 0 saturated heterocycles. The minimum Gasteiger partial charge on any atom is -0.335 e. The SMILES string of the molecule is CCc1ccccc1NC1=NC2(CCCCC2)CS1. The molecule has 0 atom stereocenters. The molecule has 1 saturated carbocycles. The van der Waals surface area contributed by atoms with Crippen LogP contribution in [0.1, 0.15) is 44.6 Å². The summed E-state index contributed by atoms with van der Waals surface area (Å²) in [5.74, 6) is 1.17. The van der Waals surface area contributed by atoms with Crippen LogP contribution >= 0.6 is 11.8 Å². The van der Waals surface area contributed by atoms with E-state index in [0.29, 0.717) is 0 Å². The highest BCUT2D eigenvalue weighted by Crippen LogP contribution is 2.40. The lowest BCUT2D eigenvalue weighted by atomic mass is 9.84. The molecule has 1 N–H and O–H groups in total. The van der Waals surface area contributed by atoms with Gasteiger partial charge in [-0.15, -0.1) is 0 Å². The fourth-order valence-electron chi connectivity index (χ4n) is 3.08. The summed E-state index contributed by atoms with van der Waals surface area (Å²) in [6.07, 6.45) is 7.71. The van der Waals surface area contributed by atoms with Gasteiger partial charge in [0.15, 0.2) is 5.17 Å². The second-order valence-electron chi connectivity index (χ2n) is 5.63. The second-order valence-corrected chi connectivity index (χ2v) is 6.59. The van der Waals surface area contributed by atoms with Crippen LogP contribution < -0.4 is 5.32 Å². The van der Waals surface area contributed by atoms with Crippen LogP contribution in [0.4, 0.5) is 5.69 Å². The van der Waals surface area contributed by atoms with Crippen molar-refractivity contribution in [3.8, 4) is 0 Å². The maximum atomic E-state index is 5.02. The molecular formula is C16H22N2S. The highest BCUT2D eigenvalue weighted by atomic mass is 32.2. The lowest BCUT2D eigenvalue weighted by Gasteiger charge is -2.29. The van der Waals surface area contributed by atoms with Gasteiger partial charge in [-0.1, -0.05) is 56.1 Å². The Morgan fingerprint density at radius 1 is 1.21 bits per heavy atom. The van der Waals surface area contributed by atoms with Gasteiger partial charge in [-0.3, -0.25) is 4.99 Å². The van der Waals surface area contributed by atoms with E-state index < -0.39 is 0 Å². The molecule has 0 radical (unpaired) electrons. The number of aryl methyl sites for hydroxylation is 1. The number of rotatable bonds is 2.